The molecule has 1 aliphatic heterocycles. The molecule has 2 aliphatic rings. The Labute approximate surface area is 168 Å². The number of hydrogen-bond donors (Lipinski definition) is 0. The molecule has 0 atom stereocenters. The van der Waals surface area contributed by atoms with Crippen LogP contribution in [0.3, 0.4) is 0 Å². The number of rotatable bonds is 4. The van der Waals surface area contributed by atoms with Gasteiger partial charge in [0, 0.05) is 50.8 Å². The molecule has 0 radical (unpaired) electrons. The first kappa shape index (κ1) is 17.6. The Hall–Kier alpha value is -3.47. The van der Waals surface area contributed by atoms with Crippen molar-refractivity contribution in [3.63, 3.8) is 0 Å². The molecule has 0 N–H and O–H groups in total. The summed E-state index contributed by atoms with van der Waals surface area (Å²) < 4.78 is 1.74. The van der Waals surface area contributed by atoms with Crippen LogP contribution in [0.25, 0.3) is 10.9 Å². The fourth-order valence-electron chi connectivity index (χ4n) is 3.87. The van der Waals surface area contributed by atoms with Crippen molar-refractivity contribution in [2.24, 2.45) is 5.92 Å². The van der Waals surface area contributed by atoms with E-state index in [2.05, 4.69) is 30.8 Å². The fourth-order valence-corrected chi connectivity index (χ4v) is 3.87. The number of nitrogens with zero attached hydrogens (tertiary/aromatic N) is 7. The molecule has 3 aromatic rings. The number of hydrogen-bond acceptors (Lipinski definition) is 7. The minimum atomic E-state index is 0.0463. The third-order valence-corrected chi connectivity index (χ3v) is 5.69. The van der Waals surface area contributed by atoms with Crippen molar-refractivity contribution >= 4 is 22.4 Å². The molecule has 1 saturated heterocycles. The van der Waals surface area contributed by atoms with E-state index in [1.165, 1.54) is 12.8 Å². The Kier molecular flexibility index (Phi) is 4.35. The molecule has 5 rings (SSSR count). The molecule has 0 bridgehead atoms. The molecular formula is C21H21N7O. The van der Waals surface area contributed by atoms with Crippen LogP contribution in [0.15, 0.2) is 41.7 Å². The lowest BCUT2D eigenvalue weighted by Crippen LogP contribution is -2.47. The highest BCUT2D eigenvalue weighted by Gasteiger charge is 2.23. The summed E-state index contributed by atoms with van der Waals surface area (Å²) in [6, 6.07) is 8.01. The van der Waals surface area contributed by atoms with Gasteiger partial charge in [-0.05, 0) is 37.0 Å². The summed E-state index contributed by atoms with van der Waals surface area (Å²) >= 11 is 0. The molecule has 146 valence electrons. The monoisotopic (exact) mass is 387 g/mol. The van der Waals surface area contributed by atoms with E-state index in [1.807, 2.05) is 18.2 Å². The first-order valence-corrected chi connectivity index (χ1v) is 9.93. The lowest BCUT2D eigenvalue weighted by Gasteiger charge is -2.36. The van der Waals surface area contributed by atoms with E-state index in [1.54, 1.807) is 23.3 Å². The average molecular weight is 387 g/mol. The maximum atomic E-state index is 12.7. The number of fused-ring (bicyclic) bond motifs is 1. The Morgan fingerprint density at radius 3 is 2.55 bits per heavy atom. The zero-order chi connectivity index (χ0) is 19.8. The summed E-state index contributed by atoms with van der Waals surface area (Å²) in [5.74, 6) is 1.28. The molecular weight excluding hydrogens is 366 g/mol. The average Bonchev–Trinajstić information content (AvgIpc) is 3.60. The molecule has 29 heavy (non-hydrogen) atoms. The van der Waals surface area contributed by atoms with Crippen molar-refractivity contribution in [1.82, 2.24) is 19.5 Å². The Balaban J connectivity index is 1.34. The quantitative estimate of drug-likeness (QED) is 0.674. The van der Waals surface area contributed by atoms with E-state index in [0.29, 0.717) is 22.8 Å². The maximum absolute atomic E-state index is 12.7. The highest BCUT2D eigenvalue weighted by atomic mass is 16.1. The van der Waals surface area contributed by atoms with Gasteiger partial charge in [-0.25, -0.2) is 15.0 Å². The van der Waals surface area contributed by atoms with Crippen molar-refractivity contribution in [3.05, 3.63) is 53.0 Å². The maximum Gasteiger partial charge on any atom is 0.261 e. The minimum Gasteiger partial charge on any atom is -0.368 e. The summed E-state index contributed by atoms with van der Waals surface area (Å²) in [5, 5.41) is 9.92. The topological polar surface area (TPSA) is 90.9 Å². The number of benzene rings is 1. The van der Waals surface area contributed by atoms with Gasteiger partial charge in [-0.3, -0.25) is 9.36 Å². The van der Waals surface area contributed by atoms with E-state index < -0.39 is 0 Å². The highest BCUT2D eigenvalue weighted by molar-refractivity contribution is 5.81. The lowest BCUT2D eigenvalue weighted by molar-refractivity contribution is 0.602. The Morgan fingerprint density at radius 1 is 1.03 bits per heavy atom. The SMILES string of the molecule is N#Cc1nccnc1N1CCN(c2ccc3c(=O)n(CC4CC4)cnc3c2)CC1. The van der Waals surface area contributed by atoms with Crippen LogP contribution in [0.1, 0.15) is 18.5 Å². The molecule has 1 aromatic carbocycles. The minimum absolute atomic E-state index is 0.0463. The van der Waals surface area contributed by atoms with Gasteiger partial charge in [0.15, 0.2) is 11.5 Å². The summed E-state index contributed by atoms with van der Waals surface area (Å²) in [7, 11) is 0. The van der Waals surface area contributed by atoms with Crippen molar-refractivity contribution in [2.75, 3.05) is 36.0 Å². The van der Waals surface area contributed by atoms with Gasteiger partial charge in [0.2, 0.25) is 0 Å². The smallest absolute Gasteiger partial charge is 0.261 e. The highest BCUT2D eigenvalue weighted by Crippen LogP contribution is 2.30. The van der Waals surface area contributed by atoms with Crippen molar-refractivity contribution < 1.29 is 0 Å². The van der Waals surface area contributed by atoms with Crippen molar-refractivity contribution in [1.29, 1.82) is 5.26 Å². The molecule has 0 amide bonds. The second-order valence-electron chi connectivity index (χ2n) is 7.66. The second kappa shape index (κ2) is 7.17. The third-order valence-electron chi connectivity index (χ3n) is 5.69. The van der Waals surface area contributed by atoms with E-state index in [-0.39, 0.29) is 5.56 Å². The molecule has 1 saturated carbocycles. The first-order chi connectivity index (χ1) is 14.2. The van der Waals surface area contributed by atoms with Gasteiger partial charge in [-0.2, -0.15) is 5.26 Å². The van der Waals surface area contributed by atoms with Gasteiger partial charge in [-0.1, -0.05) is 0 Å². The predicted octanol–water partition coefficient (Wildman–Crippen LogP) is 1.79. The molecule has 8 nitrogen and oxygen atoms in total. The fraction of sp³-hybridized carbons (Fsp3) is 0.381. The predicted molar refractivity (Wildman–Crippen MR) is 110 cm³/mol. The molecule has 8 heteroatoms. The van der Waals surface area contributed by atoms with Crippen LogP contribution in [-0.4, -0.2) is 45.7 Å². The van der Waals surface area contributed by atoms with Crippen LogP contribution in [0.5, 0.6) is 0 Å². The van der Waals surface area contributed by atoms with Crippen molar-refractivity contribution in [3.8, 4) is 6.07 Å². The van der Waals surface area contributed by atoms with Crippen LogP contribution < -0.4 is 15.4 Å². The number of piperazine rings is 1. The second-order valence-corrected chi connectivity index (χ2v) is 7.66. The van der Waals surface area contributed by atoms with E-state index in [4.69, 9.17) is 0 Å². The molecule has 2 aromatic heterocycles. The molecule has 3 heterocycles. The largest absolute Gasteiger partial charge is 0.368 e. The summed E-state index contributed by atoms with van der Waals surface area (Å²) in [4.78, 5) is 30.0. The number of anilines is 2. The number of aromatic nitrogens is 4. The van der Waals surface area contributed by atoms with Gasteiger partial charge in [0.25, 0.3) is 5.56 Å². The third kappa shape index (κ3) is 3.40. The van der Waals surface area contributed by atoms with Crippen LogP contribution in [0.4, 0.5) is 11.5 Å². The van der Waals surface area contributed by atoms with Crippen LogP contribution in [-0.2, 0) is 6.54 Å². The lowest BCUT2D eigenvalue weighted by atomic mass is 10.2. The standard InChI is InChI=1S/C21H21N7O/c22-12-19-20(24-6-5-23-19)27-9-7-26(8-10-27)16-3-4-17-18(11-16)25-14-28(21(17)29)13-15-1-2-15/h3-6,11,14-15H,1-2,7-10,13H2. The summed E-state index contributed by atoms with van der Waals surface area (Å²) in [5.41, 5.74) is 2.20. The normalized spacial score (nSPS) is 16.8. The van der Waals surface area contributed by atoms with E-state index >= 15 is 0 Å². The zero-order valence-corrected chi connectivity index (χ0v) is 16.0. The van der Waals surface area contributed by atoms with E-state index in [9.17, 15) is 10.1 Å². The first-order valence-electron chi connectivity index (χ1n) is 9.93. The number of nitriles is 1. The molecule has 0 unspecified atom stereocenters. The van der Waals surface area contributed by atoms with Gasteiger partial charge in [0.05, 0.1) is 17.2 Å². The van der Waals surface area contributed by atoms with Crippen LogP contribution >= 0.6 is 0 Å². The molecule has 1 aliphatic carbocycles. The van der Waals surface area contributed by atoms with E-state index in [0.717, 1.165) is 43.9 Å². The van der Waals surface area contributed by atoms with Crippen LogP contribution in [0, 0.1) is 17.2 Å². The summed E-state index contributed by atoms with van der Waals surface area (Å²) in [6.45, 7) is 3.87. The van der Waals surface area contributed by atoms with Crippen molar-refractivity contribution in [2.45, 2.75) is 19.4 Å². The van der Waals surface area contributed by atoms with Gasteiger partial charge < -0.3 is 9.80 Å². The summed E-state index contributed by atoms with van der Waals surface area (Å²) in [6.07, 6.45) is 7.26. The van der Waals surface area contributed by atoms with Gasteiger partial charge >= 0.3 is 0 Å². The molecule has 2 fully saturated rings. The molecule has 0 spiro atoms. The van der Waals surface area contributed by atoms with Gasteiger partial charge in [-0.15, -0.1) is 0 Å². The Bertz CT molecular complexity index is 1150. The zero-order valence-electron chi connectivity index (χ0n) is 16.0. The van der Waals surface area contributed by atoms with Gasteiger partial charge in [0.1, 0.15) is 6.07 Å². The van der Waals surface area contributed by atoms with Crippen LogP contribution in [0.2, 0.25) is 0 Å². The Morgan fingerprint density at radius 2 is 1.79 bits per heavy atom.